The summed E-state index contributed by atoms with van der Waals surface area (Å²) in [4.78, 5) is 4.84. The quantitative estimate of drug-likeness (QED) is 0.536. The molecule has 0 saturated heterocycles. The first-order valence-corrected chi connectivity index (χ1v) is 7.81. The molecule has 0 aliphatic carbocycles. The molecule has 1 heteroatoms. The number of fused-ring (bicyclic) bond motifs is 1. The lowest BCUT2D eigenvalue weighted by Crippen LogP contribution is -1.95. The van der Waals surface area contributed by atoms with E-state index in [1.54, 1.807) is 0 Å². The zero-order chi connectivity index (χ0) is 15.5. The Kier molecular flexibility index (Phi) is 4.06. The number of nitrogens with zero attached hydrogens (tertiary/aromatic N) is 1. The Hall–Kier alpha value is -2.41. The average molecular weight is 287 g/mol. The van der Waals surface area contributed by atoms with Gasteiger partial charge < -0.3 is 0 Å². The monoisotopic (exact) mass is 287 g/mol. The van der Waals surface area contributed by atoms with Crippen LogP contribution in [-0.2, 0) is 6.42 Å². The van der Waals surface area contributed by atoms with Crippen LogP contribution in [-0.4, -0.2) is 5.71 Å². The zero-order valence-electron chi connectivity index (χ0n) is 13.4. The number of rotatable bonds is 3. The molecule has 0 radical (unpaired) electrons. The molecule has 0 aliphatic heterocycles. The third-order valence-electron chi connectivity index (χ3n) is 4.07. The SMILES string of the molecule is CCc1ccccc1N=C(C)c1ccc2cc(C)ccc2c1. The molecule has 110 valence electrons. The molecule has 0 bridgehead atoms. The smallest absolute Gasteiger partial charge is 0.0664 e. The lowest BCUT2D eigenvalue weighted by Gasteiger charge is -2.07. The van der Waals surface area contributed by atoms with Crippen LogP contribution in [0.1, 0.15) is 30.5 Å². The van der Waals surface area contributed by atoms with E-state index in [0.29, 0.717) is 0 Å². The van der Waals surface area contributed by atoms with E-state index in [4.69, 9.17) is 4.99 Å². The maximum Gasteiger partial charge on any atom is 0.0664 e. The second-order valence-corrected chi connectivity index (χ2v) is 5.74. The Balaban J connectivity index is 2.02. The Morgan fingerprint density at radius 1 is 0.909 bits per heavy atom. The summed E-state index contributed by atoms with van der Waals surface area (Å²) >= 11 is 0. The van der Waals surface area contributed by atoms with Gasteiger partial charge in [0.25, 0.3) is 0 Å². The standard InChI is InChI=1S/C21H21N/c1-4-17-7-5-6-8-21(17)22-16(3)18-11-12-19-13-15(2)9-10-20(19)14-18/h5-14H,4H2,1-3H3. The predicted molar refractivity (Wildman–Crippen MR) is 96.4 cm³/mol. The zero-order valence-corrected chi connectivity index (χ0v) is 13.4. The highest BCUT2D eigenvalue weighted by molar-refractivity contribution is 6.03. The number of benzene rings is 3. The van der Waals surface area contributed by atoms with Crippen molar-refractivity contribution in [2.24, 2.45) is 4.99 Å². The molecule has 3 aromatic rings. The van der Waals surface area contributed by atoms with Crippen LogP contribution in [0.4, 0.5) is 5.69 Å². The molecule has 0 atom stereocenters. The minimum atomic E-state index is 1.00. The van der Waals surface area contributed by atoms with Crippen LogP contribution in [0.3, 0.4) is 0 Å². The summed E-state index contributed by atoms with van der Waals surface area (Å²) in [6.07, 6.45) is 1.00. The first-order valence-electron chi connectivity index (χ1n) is 7.81. The highest BCUT2D eigenvalue weighted by Gasteiger charge is 2.03. The van der Waals surface area contributed by atoms with Gasteiger partial charge in [0.1, 0.15) is 0 Å². The molecule has 0 amide bonds. The second-order valence-electron chi connectivity index (χ2n) is 5.74. The molecular weight excluding hydrogens is 266 g/mol. The maximum absolute atomic E-state index is 4.84. The van der Waals surface area contributed by atoms with Gasteiger partial charge in [-0.2, -0.15) is 0 Å². The van der Waals surface area contributed by atoms with Gasteiger partial charge in [-0.1, -0.05) is 61.0 Å². The van der Waals surface area contributed by atoms with Gasteiger partial charge in [0.2, 0.25) is 0 Å². The summed E-state index contributed by atoms with van der Waals surface area (Å²) in [6, 6.07) is 21.5. The van der Waals surface area contributed by atoms with Crippen molar-refractivity contribution in [1.29, 1.82) is 0 Å². The molecule has 0 heterocycles. The molecule has 0 unspecified atom stereocenters. The second kappa shape index (κ2) is 6.15. The van der Waals surface area contributed by atoms with Crippen LogP contribution in [0.25, 0.3) is 10.8 Å². The predicted octanol–water partition coefficient (Wildman–Crippen LogP) is 5.85. The summed E-state index contributed by atoms with van der Waals surface area (Å²) < 4.78 is 0. The van der Waals surface area contributed by atoms with Crippen molar-refractivity contribution in [2.75, 3.05) is 0 Å². The average Bonchev–Trinajstić information content (AvgIpc) is 2.54. The van der Waals surface area contributed by atoms with Crippen LogP contribution >= 0.6 is 0 Å². The fourth-order valence-corrected chi connectivity index (χ4v) is 2.75. The Morgan fingerprint density at radius 3 is 2.45 bits per heavy atom. The fourth-order valence-electron chi connectivity index (χ4n) is 2.75. The minimum absolute atomic E-state index is 1.00. The summed E-state index contributed by atoms with van der Waals surface area (Å²) in [6.45, 7) is 6.38. The van der Waals surface area contributed by atoms with Gasteiger partial charge in [-0.25, -0.2) is 0 Å². The lowest BCUT2D eigenvalue weighted by atomic mass is 10.0. The summed E-state index contributed by atoms with van der Waals surface area (Å²) in [7, 11) is 0. The molecule has 0 spiro atoms. The molecule has 3 rings (SSSR count). The van der Waals surface area contributed by atoms with Crippen LogP contribution < -0.4 is 0 Å². The first kappa shape index (κ1) is 14.5. The largest absolute Gasteiger partial charge is 0.253 e. The van der Waals surface area contributed by atoms with Crippen molar-refractivity contribution >= 4 is 22.2 Å². The van der Waals surface area contributed by atoms with E-state index in [1.165, 1.54) is 27.5 Å². The molecule has 0 N–H and O–H groups in total. The molecule has 0 aliphatic rings. The molecule has 0 saturated carbocycles. The highest BCUT2D eigenvalue weighted by atomic mass is 14.7. The van der Waals surface area contributed by atoms with Gasteiger partial charge in [0.05, 0.1) is 5.69 Å². The van der Waals surface area contributed by atoms with Gasteiger partial charge in [0, 0.05) is 5.71 Å². The number of hydrogen-bond donors (Lipinski definition) is 0. The molecular formula is C21H21N. The third kappa shape index (κ3) is 2.94. The number of para-hydroxylation sites is 1. The topological polar surface area (TPSA) is 12.4 Å². The number of aliphatic imine (C=N–C) groups is 1. The molecule has 0 fully saturated rings. The summed E-state index contributed by atoms with van der Waals surface area (Å²) in [5.41, 5.74) is 5.90. The summed E-state index contributed by atoms with van der Waals surface area (Å²) in [5, 5.41) is 2.55. The lowest BCUT2D eigenvalue weighted by molar-refractivity contribution is 1.13. The van der Waals surface area contributed by atoms with Crippen molar-refractivity contribution in [3.8, 4) is 0 Å². The minimum Gasteiger partial charge on any atom is -0.253 e. The maximum atomic E-state index is 4.84. The van der Waals surface area contributed by atoms with E-state index in [2.05, 4.69) is 81.4 Å². The molecule has 0 aromatic heterocycles. The van der Waals surface area contributed by atoms with Crippen LogP contribution in [0.2, 0.25) is 0 Å². The number of hydrogen-bond acceptors (Lipinski definition) is 1. The molecule has 1 nitrogen and oxygen atoms in total. The molecule has 3 aromatic carbocycles. The van der Waals surface area contributed by atoms with Crippen LogP contribution in [0, 0.1) is 6.92 Å². The van der Waals surface area contributed by atoms with Crippen LogP contribution in [0.5, 0.6) is 0 Å². The first-order chi connectivity index (χ1) is 10.7. The van der Waals surface area contributed by atoms with Crippen molar-refractivity contribution < 1.29 is 0 Å². The van der Waals surface area contributed by atoms with E-state index >= 15 is 0 Å². The van der Waals surface area contributed by atoms with E-state index in [-0.39, 0.29) is 0 Å². The Labute approximate surface area is 132 Å². The highest BCUT2D eigenvalue weighted by Crippen LogP contribution is 2.22. The van der Waals surface area contributed by atoms with Crippen molar-refractivity contribution in [3.63, 3.8) is 0 Å². The van der Waals surface area contributed by atoms with Crippen molar-refractivity contribution in [1.82, 2.24) is 0 Å². The van der Waals surface area contributed by atoms with E-state index < -0.39 is 0 Å². The number of aryl methyl sites for hydroxylation is 2. The van der Waals surface area contributed by atoms with Gasteiger partial charge >= 0.3 is 0 Å². The van der Waals surface area contributed by atoms with Gasteiger partial charge in [-0.15, -0.1) is 0 Å². The molecule has 22 heavy (non-hydrogen) atoms. The van der Waals surface area contributed by atoms with E-state index in [0.717, 1.165) is 17.8 Å². The van der Waals surface area contributed by atoms with Crippen molar-refractivity contribution in [2.45, 2.75) is 27.2 Å². The summed E-state index contributed by atoms with van der Waals surface area (Å²) in [5.74, 6) is 0. The fraction of sp³-hybridized carbons (Fsp3) is 0.190. The van der Waals surface area contributed by atoms with Gasteiger partial charge in [-0.05, 0) is 54.3 Å². The Bertz CT molecular complexity index is 843. The van der Waals surface area contributed by atoms with Crippen LogP contribution in [0.15, 0.2) is 65.7 Å². The van der Waals surface area contributed by atoms with Gasteiger partial charge in [-0.3, -0.25) is 4.99 Å². The Morgan fingerprint density at radius 2 is 1.64 bits per heavy atom. The van der Waals surface area contributed by atoms with Crippen molar-refractivity contribution in [3.05, 3.63) is 77.4 Å². The third-order valence-corrected chi connectivity index (χ3v) is 4.07. The normalized spacial score (nSPS) is 11.9. The van der Waals surface area contributed by atoms with Gasteiger partial charge in [0.15, 0.2) is 0 Å². The van der Waals surface area contributed by atoms with E-state index in [1.807, 2.05) is 0 Å². The van der Waals surface area contributed by atoms with E-state index in [9.17, 15) is 0 Å².